The highest BCUT2D eigenvalue weighted by Gasteiger charge is 2.19. The Kier molecular flexibility index (Phi) is 3.11. The molecule has 0 N–H and O–H groups in total. The minimum absolute atomic E-state index is 0.225. The summed E-state index contributed by atoms with van der Waals surface area (Å²) in [6.07, 6.45) is 0. The molecule has 0 atom stereocenters. The second-order valence-corrected chi connectivity index (χ2v) is 10.1. The number of thiophene rings is 1. The SMILES string of the molecule is [2H]c1c([2H])c([2H])c2c(-c3cccc4c3sc3ccccc34)c3c([2H])c([2H])c([2H])c([2H])c3c(-c3cccc4ccccc34)c2c1[2H]. The quantitative estimate of drug-likeness (QED) is 0.210. The monoisotopic (exact) mass is 494 g/mol. The van der Waals surface area contributed by atoms with E-state index in [2.05, 4.69) is 0 Å². The van der Waals surface area contributed by atoms with Crippen molar-refractivity contribution in [2.75, 3.05) is 0 Å². The number of benzene rings is 7. The molecule has 0 fully saturated rings. The van der Waals surface area contributed by atoms with E-state index in [0.717, 1.165) is 30.9 Å². The van der Waals surface area contributed by atoms with Crippen molar-refractivity contribution in [1.82, 2.24) is 0 Å². The van der Waals surface area contributed by atoms with Crippen molar-refractivity contribution in [2.24, 2.45) is 0 Å². The van der Waals surface area contributed by atoms with Crippen LogP contribution in [0.4, 0.5) is 0 Å². The van der Waals surface area contributed by atoms with Gasteiger partial charge in [0.25, 0.3) is 0 Å². The molecule has 37 heavy (non-hydrogen) atoms. The van der Waals surface area contributed by atoms with Crippen molar-refractivity contribution in [3.8, 4) is 22.3 Å². The maximum Gasteiger partial charge on any atom is 0.0629 e. The first-order chi connectivity index (χ1) is 21.7. The minimum Gasteiger partial charge on any atom is -0.135 e. The van der Waals surface area contributed by atoms with E-state index in [0.29, 0.717) is 22.3 Å². The van der Waals surface area contributed by atoms with E-state index in [-0.39, 0.29) is 45.7 Å². The van der Waals surface area contributed by atoms with Gasteiger partial charge in [0, 0.05) is 25.7 Å². The Balaban J connectivity index is 1.74. The molecule has 7 aromatic carbocycles. The van der Waals surface area contributed by atoms with E-state index in [9.17, 15) is 5.48 Å². The first kappa shape index (κ1) is 14.3. The molecule has 172 valence electrons. The van der Waals surface area contributed by atoms with E-state index < -0.39 is 24.2 Å². The smallest absolute Gasteiger partial charge is 0.0629 e. The molecule has 0 aliphatic heterocycles. The third-order valence-corrected chi connectivity index (χ3v) is 8.33. The van der Waals surface area contributed by atoms with Crippen LogP contribution in [-0.2, 0) is 0 Å². The zero-order valence-corrected chi connectivity index (χ0v) is 20.3. The highest BCUT2D eigenvalue weighted by Crippen LogP contribution is 2.48. The molecule has 1 heteroatoms. The lowest BCUT2D eigenvalue weighted by atomic mass is 9.84. The Bertz CT molecular complexity index is 2500. The fourth-order valence-corrected chi connectivity index (χ4v) is 6.77. The molecule has 1 aromatic heterocycles. The Hall–Kier alpha value is -4.46. The summed E-state index contributed by atoms with van der Waals surface area (Å²) in [4.78, 5) is 0. The predicted octanol–water partition coefficient (Wildman–Crippen LogP) is 10.8. The third-order valence-electron chi connectivity index (χ3n) is 7.11. The summed E-state index contributed by atoms with van der Waals surface area (Å²) in [5.41, 5.74) is 2.02. The molecule has 0 bridgehead atoms. The van der Waals surface area contributed by atoms with Gasteiger partial charge in [-0.2, -0.15) is 0 Å². The van der Waals surface area contributed by atoms with Crippen molar-refractivity contribution >= 4 is 63.8 Å². The van der Waals surface area contributed by atoms with Crippen molar-refractivity contribution < 1.29 is 11.0 Å². The Morgan fingerprint density at radius 1 is 0.432 bits per heavy atom. The van der Waals surface area contributed by atoms with E-state index >= 15 is 0 Å². The molecular weight excluding hydrogens is 464 g/mol. The van der Waals surface area contributed by atoms with Crippen LogP contribution in [0, 0.1) is 0 Å². The van der Waals surface area contributed by atoms with Gasteiger partial charge in [0.05, 0.1) is 11.0 Å². The van der Waals surface area contributed by atoms with Gasteiger partial charge in [-0.25, -0.2) is 0 Å². The van der Waals surface area contributed by atoms with Crippen LogP contribution < -0.4 is 0 Å². The molecule has 8 rings (SSSR count). The Morgan fingerprint density at radius 3 is 1.68 bits per heavy atom. The number of fused-ring (bicyclic) bond motifs is 6. The predicted molar refractivity (Wildman–Crippen MR) is 163 cm³/mol. The minimum atomic E-state index is -0.403. The van der Waals surface area contributed by atoms with Crippen LogP contribution >= 0.6 is 11.3 Å². The summed E-state index contributed by atoms with van der Waals surface area (Å²) >= 11 is 1.55. The molecular formula is C36H22S. The molecule has 0 nitrogen and oxygen atoms in total. The number of rotatable bonds is 2. The normalized spacial score (nSPS) is 14.8. The molecule has 0 radical (unpaired) electrons. The highest BCUT2D eigenvalue weighted by molar-refractivity contribution is 7.26. The summed E-state index contributed by atoms with van der Waals surface area (Å²) in [7, 11) is 0. The Labute approximate surface area is 230 Å². The zero-order chi connectivity index (χ0) is 31.3. The lowest BCUT2D eigenvalue weighted by Gasteiger charge is -2.19. The first-order valence-electron chi connectivity index (χ1n) is 16.1. The molecule has 0 saturated carbocycles. The lowest BCUT2D eigenvalue weighted by Crippen LogP contribution is -1.91. The van der Waals surface area contributed by atoms with E-state index in [1.54, 1.807) is 11.3 Å². The summed E-state index contributed by atoms with van der Waals surface area (Å²) in [5, 5.41) is 4.63. The maximum atomic E-state index is 9.27. The van der Waals surface area contributed by atoms with Crippen LogP contribution in [0.25, 0.3) is 74.7 Å². The van der Waals surface area contributed by atoms with Crippen LogP contribution in [-0.4, -0.2) is 0 Å². The highest BCUT2D eigenvalue weighted by atomic mass is 32.1. The fraction of sp³-hybridized carbons (Fsp3) is 0. The molecule has 8 aromatic rings. The van der Waals surface area contributed by atoms with Crippen LogP contribution in [0.2, 0.25) is 0 Å². The van der Waals surface area contributed by atoms with Crippen LogP contribution in [0.15, 0.2) is 133 Å². The van der Waals surface area contributed by atoms with Gasteiger partial charge in [-0.15, -0.1) is 11.3 Å². The molecule has 0 saturated heterocycles. The average Bonchev–Trinajstić information content (AvgIpc) is 3.45. The number of hydrogen-bond donors (Lipinski definition) is 0. The van der Waals surface area contributed by atoms with Gasteiger partial charge in [-0.05, 0) is 55.1 Å². The molecule has 0 spiro atoms. The van der Waals surface area contributed by atoms with Gasteiger partial charge in [-0.1, -0.05) is 127 Å². The summed E-state index contributed by atoms with van der Waals surface area (Å²) in [6, 6.07) is 24.5. The summed E-state index contributed by atoms with van der Waals surface area (Å²) in [6.45, 7) is 0. The average molecular weight is 495 g/mol. The van der Waals surface area contributed by atoms with Crippen LogP contribution in [0.1, 0.15) is 11.0 Å². The van der Waals surface area contributed by atoms with Gasteiger partial charge in [0.15, 0.2) is 0 Å². The van der Waals surface area contributed by atoms with Crippen molar-refractivity contribution in [1.29, 1.82) is 0 Å². The largest absolute Gasteiger partial charge is 0.135 e. The van der Waals surface area contributed by atoms with Gasteiger partial charge in [-0.3, -0.25) is 0 Å². The van der Waals surface area contributed by atoms with Gasteiger partial charge < -0.3 is 0 Å². The van der Waals surface area contributed by atoms with Gasteiger partial charge >= 0.3 is 0 Å². The lowest BCUT2D eigenvalue weighted by molar-refractivity contribution is 1.69. The molecule has 0 aliphatic carbocycles. The van der Waals surface area contributed by atoms with Gasteiger partial charge in [0.1, 0.15) is 0 Å². The van der Waals surface area contributed by atoms with E-state index in [1.807, 2.05) is 84.9 Å². The van der Waals surface area contributed by atoms with Gasteiger partial charge in [0.2, 0.25) is 0 Å². The summed E-state index contributed by atoms with van der Waals surface area (Å²) < 4.78 is 73.8. The van der Waals surface area contributed by atoms with Crippen LogP contribution in [0.5, 0.6) is 0 Å². The van der Waals surface area contributed by atoms with Crippen molar-refractivity contribution in [3.63, 3.8) is 0 Å². The maximum absolute atomic E-state index is 9.27. The molecule has 0 unspecified atom stereocenters. The van der Waals surface area contributed by atoms with E-state index in [1.165, 1.54) is 0 Å². The summed E-state index contributed by atoms with van der Waals surface area (Å²) in [5.74, 6) is 0. The molecule has 0 aliphatic rings. The molecule has 0 amide bonds. The van der Waals surface area contributed by atoms with E-state index in [4.69, 9.17) is 5.48 Å². The fourth-order valence-electron chi connectivity index (χ4n) is 5.55. The second kappa shape index (κ2) is 8.03. The first-order valence-corrected chi connectivity index (χ1v) is 12.9. The standard InChI is InChI=1S/C36H22S/c1-2-13-24-23(11-1)12-9-19-26(24)34-27-15-3-5-17-29(27)35(30-18-6-4-16-28(30)34)32-21-10-20-31-25-14-7-8-22-33(25)37-36(31)32/h1-22H/i3D,4D,5D,6D,15D,16D,17D,18D. The third kappa shape index (κ3) is 3.02. The Morgan fingerprint density at radius 2 is 0.946 bits per heavy atom. The topological polar surface area (TPSA) is 0 Å². The second-order valence-electron chi connectivity index (χ2n) is 9.06. The molecule has 1 heterocycles. The zero-order valence-electron chi connectivity index (χ0n) is 27.5. The van der Waals surface area contributed by atoms with Crippen LogP contribution in [0.3, 0.4) is 0 Å². The van der Waals surface area contributed by atoms with Crippen molar-refractivity contribution in [2.45, 2.75) is 0 Å². The number of hydrogen-bond acceptors (Lipinski definition) is 1. The van der Waals surface area contributed by atoms with Crippen molar-refractivity contribution in [3.05, 3.63) is 133 Å².